The zero-order valence-electron chi connectivity index (χ0n) is 10.9. The fourth-order valence-electron chi connectivity index (χ4n) is 2.77. The highest BCUT2D eigenvalue weighted by atomic mass is 16.6. The van der Waals surface area contributed by atoms with Crippen LogP contribution in [-0.4, -0.2) is 35.0 Å². The van der Waals surface area contributed by atoms with Gasteiger partial charge in [-0.1, -0.05) is 12.1 Å². The summed E-state index contributed by atoms with van der Waals surface area (Å²) in [7, 11) is 0. The monoisotopic (exact) mass is 261 g/mol. The van der Waals surface area contributed by atoms with E-state index in [0.29, 0.717) is 12.6 Å². The van der Waals surface area contributed by atoms with Crippen molar-refractivity contribution in [1.29, 1.82) is 0 Å². The van der Waals surface area contributed by atoms with Gasteiger partial charge in [0.25, 0.3) is 5.69 Å². The molecule has 2 fully saturated rings. The molecule has 1 aliphatic heterocycles. The van der Waals surface area contributed by atoms with Gasteiger partial charge in [0.2, 0.25) is 0 Å². The van der Waals surface area contributed by atoms with Gasteiger partial charge in [-0.15, -0.1) is 0 Å². The molecule has 0 bridgehead atoms. The summed E-state index contributed by atoms with van der Waals surface area (Å²) in [6.07, 6.45) is 3.90. The summed E-state index contributed by atoms with van der Waals surface area (Å²) in [6.45, 7) is 3.03. The quantitative estimate of drug-likeness (QED) is 0.650. The van der Waals surface area contributed by atoms with E-state index in [1.54, 1.807) is 12.1 Å². The Morgan fingerprint density at radius 3 is 2.95 bits per heavy atom. The molecular weight excluding hydrogens is 242 g/mol. The number of benzene rings is 1. The molecular formula is C14H19N3O2. The summed E-state index contributed by atoms with van der Waals surface area (Å²) in [5, 5.41) is 14.2. The smallest absolute Gasteiger partial charge is 0.269 e. The Kier molecular flexibility index (Phi) is 3.48. The van der Waals surface area contributed by atoms with Gasteiger partial charge < -0.3 is 5.32 Å². The molecule has 1 aromatic rings. The molecule has 19 heavy (non-hydrogen) atoms. The minimum absolute atomic E-state index is 0.172. The van der Waals surface area contributed by atoms with E-state index in [2.05, 4.69) is 10.2 Å². The number of nitro benzene ring substituents is 1. The molecule has 0 aromatic heterocycles. The Labute approximate surface area is 112 Å². The summed E-state index contributed by atoms with van der Waals surface area (Å²) < 4.78 is 0. The largest absolute Gasteiger partial charge is 0.309 e. The third-order valence-electron chi connectivity index (χ3n) is 4.00. The lowest BCUT2D eigenvalue weighted by atomic mass is 10.2. The molecule has 1 aromatic carbocycles. The first kappa shape index (κ1) is 12.6. The molecule has 0 spiro atoms. The number of non-ortho nitro benzene ring substituents is 1. The van der Waals surface area contributed by atoms with E-state index < -0.39 is 0 Å². The van der Waals surface area contributed by atoms with Crippen molar-refractivity contribution >= 4 is 5.69 Å². The van der Waals surface area contributed by atoms with Crippen molar-refractivity contribution < 1.29 is 4.92 Å². The first-order valence-electron chi connectivity index (χ1n) is 6.93. The lowest BCUT2D eigenvalue weighted by Gasteiger charge is -2.15. The number of nitrogens with one attached hydrogen (secondary N) is 1. The molecule has 1 saturated carbocycles. The highest BCUT2D eigenvalue weighted by Crippen LogP contribution is 2.29. The maximum absolute atomic E-state index is 10.7. The topological polar surface area (TPSA) is 58.4 Å². The minimum atomic E-state index is -0.339. The van der Waals surface area contributed by atoms with Crippen LogP contribution in [0.25, 0.3) is 0 Å². The van der Waals surface area contributed by atoms with E-state index in [1.165, 1.54) is 31.9 Å². The average molecular weight is 261 g/mol. The van der Waals surface area contributed by atoms with Crippen molar-refractivity contribution in [1.82, 2.24) is 10.2 Å². The van der Waals surface area contributed by atoms with Gasteiger partial charge >= 0.3 is 0 Å². The Hall–Kier alpha value is -1.46. The van der Waals surface area contributed by atoms with Gasteiger partial charge in [-0.25, -0.2) is 0 Å². The second kappa shape index (κ2) is 5.27. The molecule has 1 heterocycles. The van der Waals surface area contributed by atoms with Gasteiger partial charge in [-0.3, -0.25) is 15.0 Å². The van der Waals surface area contributed by atoms with Crippen molar-refractivity contribution in [3.05, 3.63) is 39.9 Å². The number of likely N-dealkylation sites (tertiary alicyclic amines) is 1. The van der Waals surface area contributed by atoms with Gasteiger partial charge in [0.15, 0.2) is 0 Å². The number of hydrogen-bond acceptors (Lipinski definition) is 4. The van der Waals surface area contributed by atoms with Gasteiger partial charge in [0.1, 0.15) is 0 Å². The summed E-state index contributed by atoms with van der Waals surface area (Å²) in [5.41, 5.74) is 1.16. The molecule has 1 aliphatic carbocycles. The van der Waals surface area contributed by atoms with Gasteiger partial charge in [-0.2, -0.15) is 0 Å². The maximum atomic E-state index is 10.7. The van der Waals surface area contributed by atoms with Gasteiger partial charge in [-0.05, 0) is 24.8 Å². The van der Waals surface area contributed by atoms with Crippen molar-refractivity contribution in [3.8, 4) is 0 Å². The van der Waals surface area contributed by atoms with Crippen molar-refractivity contribution in [3.63, 3.8) is 0 Å². The van der Waals surface area contributed by atoms with Crippen LogP contribution in [-0.2, 0) is 6.54 Å². The van der Waals surface area contributed by atoms with E-state index in [9.17, 15) is 10.1 Å². The van der Waals surface area contributed by atoms with Crippen LogP contribution < -0.4 is 5.32 Å². The second-order valence-corrected chi connectivity index (χ2v) is 5.52. The van der Waals surface area contributed by atoms with Crippen LogP contribution in [0.3, 0.4) is 0 Å². The van der Waals surface area contributed by atoms with Crippen LogP contribution in [0, 0.1) is 10.1 Å². The molecule has 5 heteroatoms. The molecule has 102 valence electrons. The van der Waals surface area contributed by atoms with E-state index >= 15 is 0 Å². The predicted octanol–water partition coefficient (Wildman–Crippen LogP) is 1.92. The minimum Gasteiger partial charge on any atom is -0.309 e. The Morgan fingerprint density at radius 1 is 1.37 bits per heavy atom. The molecule has 1 N–H and O–H groups in total. The van der Waals surface area contributed by atoms with Crippen molar-refractivity contribution in [2.24, 2.45) is 0 Å². The van der Waals surface area contributed by atoms with Crippen molar-refractivity contribution in [2.45, 2.75) is 37.9 Å². The molecule has 0 radical (unpaired) electrons. The van der Waals surface area contributed by atoms with E-state index in [1.807, 2.05) is 6.07 Å². The second-order valence-electron chi connectivity index (χ2n) is 5.52. The van der Waals surface area contributed by atoms with Crippen LogP contribution in [0.15, 0.2) is 24.3 Å². The molecule has 1 unspecified atom stereocenters. The van der Waals surface area contributed by atoms with E-state index in [-0.39, 0.29) is 10.6 Å². The third-order valence-corrected chi connectivity index (χ3v) is 4.00. The van der Waals surface area contributed by atoms with Gasteiger partial charge in [0, 0.05) is 43.9 Å². The summed E-state index contributed by atoms with van der Waals surface area (Å²) in [4.78, 5) is 12.9. The molecule has 1 atom stereocenters. The Morgan fingerprint density at radius 2 is 2.21 bits per heavy atom. The maximum Gasteiger partial charge on any atom is 0.269 e. The van der Waals surface area contributed by atoms with Crippen molar-refractivity contribution in [2.75, 3.05) is 13.1 Å². The predicted molar refractivity (Wildman–Crippen MR) is 72.9 cm³/mol. The number of nitro groups is 1. The highest BCUT2D eigenvalue weighted by molar-refractivity contribution is 5.34. The molecule has 1 saturated heterocycles. The van der Waals surface area contributed by atoms with Crippen LogP contribution >= 0.6 is 0 Å². The molecule has 3 rings (SSSR count). The van der Waals surface area contributed by atoms with Crippen LogP contribution in [0.1, 0.15) is 24.8 Å². The zero-order valence-corrected chi connectivity index (χ0v) is 10.9. The van der Waals surface area contributed by atoms with E-state index in [0.717, 1.165) is 18.2 Å². The van der Waals surface area contributed by atoms with Crippen LogP contribution in [0.2, 0.25) is 0 Å². The zero-order chi connectivity index (χ0) is 13.2. The lowest BCUT2D eigenvalue weighted by Crippen LogP contribution is -2.32. The highest BCUT2D eigenvalue weighted by Gasteiger charge is 2.33. The first-order chi connectivity index (χ1) is 9.22. The normalized spacial score (nSPS) is 23.7. The fourth-order valence-corrected chi connectivity index (χ4v) is 2.77. The lowest BCUT2D eigenvalue weighted by molar-refractivity contribution is -0.384. The summed E-state index contributed by atoms with van der Waals surface area (Å²) in [6, 6.07) is 8.24. The average Bonchev–Trinajstić information content (AvgIpc) is 3.16. The summed E-state index contributed by atoms with van der Waals surface area (Å²) in [5.74, 6) is 0. The first-order valence-corrected chi connectivity index (χ1v) is 6.93. The summed E-state index contributed by atoms with van der Waals surface area (Å²) >= 11 is 0. The number of nitrogens with zero attached hydrogens (tertiary/aromatic N) is 2. The third kappa shape index (κ3) is 3.11. The number of rotatable bonds is 5. The van der Waals surface area contributed by atoms with Gasteiger partial charge in [0.05, 0.1) is 4.92 Å². The molecule has 0 amide bonds. The van der Waals surface area contributed by atoms with Crippen LogP contribution in [0.4, 0.5) is 5.69 Å². The number of hydrogen-bond donors (Lipinski definition) is 1. The van der Waals surface area contributed by atoms with Crippen LogP contribution in [0.5, 0.6) is 0 Å². The standard InChI is InChI=1S/C14H19N3O2/c18-17(19)14-3-1-2-11(8-14)9-15-12-6-7-16(10-12)13-4-5-13/h1-3,8,12-13,15H,4-7,9-10H2. The Bertz CT molecular complexity index is 474. The van der Waals surface area contributed by atoms with E-state index in [4.69, 9.17) is 0 Å². The molecule has 5 nitrogen and oxygen atoms in total. The fraction of sp³-hybridized carbons (Fsp3) is 0.571. The SMILES string of the molecule is O=[N+]([O-])c1cccc(CNC2CCN(C3CC3)C2)c1. The molecule has 2 aliphatic rings. The Balaban J connectivity index is 1.51.